The second kappa shape index (κ2) is 5.16. The van der Waals surface area contributed by atoms with Crippen LogP contribution in [0.2, 0.25) is 0 Å². The van der Waals surface area contributed by atoms with E-state index in [9.17, 15) is 0 Å². The van der Waals surface area contributed by atoms with Gasteiger partial charge in [-0.1, -0.05) is 6.07 Å². The Morgan fingerprint density at radius 2 is 2.12 bits per heavy atom. The van der Waals surface area contributed by atoms with Gasteiger partial charge in [0.05, 0.1) is 12.8 Å². The van der Waals surface area contributed by atoms with Crippen LogP contribution in [0.3, 0.4) is 0 Å². The number of anilines is 1. The third-order valence-electron chi connectivity index (χ3n) is 2.03. The number of hydrogen-bond acceptors (Lipinski definition) is 5. The van der Waals surface area contributed by atoms with E-state index < -0.39 is 0 Å². The lowest BCUT2D eigenvalue weighted by molar-refractivity contribution is 0.338. The summed E-state index contributed by atoms with van der Waals surface area (Å²) in [5.41, 5.74) is 6.08. The van der Waals surface area contributed by atoms with Gasteiger partial charge in [0, 0.05) is 6.07 Å². The quantitative estimate of drug-likeness (QED) is 0.873. The molecule has 0 amide bonds. The van der Waals surface area contributed by atoms with E-state index in [0.29, 0.717) is 23.9 Å². The van der Waals surface area contributed by atoms with Crippen LogP contribution in [0.25, 0.3) is 0 Å². The summed E-state index contributed by atoms with van der Waals surface area (Å²) in [6.45, 7) is 2.54. The van der Waals surface area contributed by atoms with Crippen molar-refractivity contribution >= 4 is 5.69 Å². The first-order chi connectivity index (χ1) is 8.29. The molecule has 0 radical (unpaired) electrons. The van der Waals surface area contributed by atoms with Gasteiger partial charge < -0.3 is 15.2 Å². The van der Waals surface area contributed by atoms with Crippen molar-refractivity contribution in [1.29, 1.82) is 0 Å². The number of aromatic nitrogens is 2. The van der Waals surface area contributed by atoms with Crippen LogP contribution >= 0.6 is 0 Å². The van der Waals surface area contributed by atoms with Gasteiger partial charge in [0.25, 0.3) is 0 Å². The molecule has 0 aliphatic carbocycles. The van der Waals surface area contributed by atoms with Gasteiger partial charge in [0.1, 0.15) is 23.5 Å². The maximum absolute atomic E-state index is 5.68. The summed E-state index contributed by atoms with van der Waals surface area (Å²) < 4.78 is 10.9. The number of ether oxygens (including phenoxy) is 2. The lowest BCUT2D eigenvalue weighted by Crippen LogP contribution is -1.96. The zero-order chi connectivity index (χ0) is 12.1. The van der Waals surface area contributed by atoms with E-state index in [4.69, 9.17) is 15.2 Å². The Labute approximate surface area is 99.2 Å². The molecule has 5 nitrogen and oxygen atoms in total. The van der Waals surface area contributed by atoms with Crippen molar-refractivity contribution in [2.24, 2.45) is 0 Å². The number of rotatable bonds is 4. The van der Waals surface area contributed by atoms with E-state index in [0.717, 1.165) is 5.75 Å². The van der Waals surface area contributed by atoms with E-state index in [1.807, 2.05) is 25.1 Å². The van der Waals surface area contributed by atoms with Crippen LogP contribution in [0.5, 0.6) is 17.4 Å². The molecule has 5 heteroatoms. The standard InChI is InChI=1S/C12H13N3O2/c1-2-16-9-4-3-5-10(6-9)17-12-11(13)7-14-8-15-12/h3-8H,2,13H2,1H3. The van der Waals surface area contributed by atoms with Crippen molar-refractivity contribution in [2.75, 3.05) is 12.3 Å². The predicted molar refractivity (Wildman–Crippen MR) is 64.1 cm³/mol. The average Bonchev–Trinajstić information content (AvgIpc) is 2.33. The molecule has 0 unspecified atom stereocenters. The minimum atomic E-state index is 0.341. The van der Waals surface area contributed by atoms with Crippen LogP contribution in [-0.2, 0) is 0 Å². The summed E-state index contributed by atoms with van der Waals surface area (Å²) in [5.74, 6) is 1.72. The number of benzene rings is 1. The normalized spacial score (nSPS) is 9.94. The van der Waals surface area contributed by atoms with Crippen molar-refractivity contribution in [3.05, 3.63) is 36.8 Å². The largest absolute Gasteiger partial charge is 0.494 e. The van der Waals surface area contributed by atoms with E-state index in [1.165, 1.54) is 12.5 Å². The van der Waals surface area contributed by atoms with Crippen LogP contribution in [0.4, 0.5) is 5.69 Å². The maximum atomic E-state index is 5.68. The summed E-state index contributed by atoms with van der Waals surface area (Å²) in [6.07, 6.45) is 2.88. The van der Waals surface area contributed by atoms with Crippen molar-refractivity contribution in [1.82, 2.24) is 9.97 Å². The number of hydrogen-bond donors (Lipinski definition) is 1. The summed E-state index contributed by atoms with van der Waals surface area (Å²) >= 11 is 0. The number of nitrogen functional groups attached to an aromatic ring is 1. The van der Waals surface area contributed by atoms with Gasteiger partial charge in [-0.3, -0.25) is 0 Å². The van der Waals surface area contributed by atoms with Crippen molar-refractivity contribution in [3.63, 3.8) is 0 Å². The van der Waals surface area contributed by atoms with Gasteiger partial charge in [-0.2, -0.15) is 4.98 Å². The zero-order valence-corrected chi connectivity index (χ0v) is 9.46. The third kappa shape index (κ3) is 2.84. The molecule has 0 bridgehead atoms. The third-order valence-corrected chi connectivity index (χ3v) is 2.03. The first-order valence-corrected chi connectivity index (χ1v) is 5.26. The van der Waals surface area contributed by atoms with E-state index in [1.54, 1.807) is 6.07 Å². The molecule has 0 saturated heterocycles. The van der Waals surface area contributed by atoms with Crippen LogP contribution in [0, 0.1) is 0 Å². The van der Waals surface area contributed by atoms with Gasteiger partial charge in [-0.25, -0.2) is 4.98 Å². The molecule has 0 aliphatic heterocycles. The Morgan fingerprint density at radius 1 is 1.29 bits per heavy atom. The molecule has 0 aliphatic rings. The number of nitrogens with two attached hydrogens (primary N) is 1. The molecular formula is C12H13N3O2. The van der Waals surface area contributed by atoms with Gasteiger partial charge in [-0.05, 0) is 19.1 Å². The number of nitrogens with zero attached hydrogens (tertiary/aromatic N) is 2. The highest BCUT2D eigenvalue weighted by atomic mass is 16.5. The lowest BCUT2D eigenvalue weighted by Gasteiger charge is -2.08. The maximum Gasteiger partial charge on any atom is 0.245 e. The van der Waals surface area contributed by atoms with Gasteiger partial charge >= 0.3 is 0 Å². The van der Waals surface area contributed by atoms with E-state index >= 15 is 0 Å². The molecule has 0 saturated carbocycles. The summed E-state index contributed by atoms with van der Waals surface area (Å²) in [7, 11) is 0. The lowest BCUT2D eigenvalue weighted by atomic mass is 10.3. The summed E-state index contributed by atoms with van der Waals surface area (Å²) in [5, 5.41) is 0. The van der Waals surface area contributed by atoms with Crippen molar-refractivity contribution < 1.29 is 9.47 Å². The fourth-order valence-corrected chi connectivity index (χ4v) is 1.32. The molecule has 1 aromatic carbocycles. The summed E-state index contributed by atoms with van der Waals surface area (Å²) in [4.78, 5) is 7.74. The van der Waals surface area contributed by atoms with Gasteiger partial charge in [0.15, 0.2) is 0 Å². The Morgan fingerprint density at radius 3 is 2.88 bits per heavy atom. The molecule has 0 fully saturated rings. The molecule has 0 spiro atoms. The molecule has 2 aromatic rings. The highest BCUT2D eigenvalue weighted by Gasteiger charge is 2.04. The minimum absolute atomic E-state index is 0.341. The fourth-order valence-electron chi connectivity index (χ4n) is 1.32. The molecule has 2 rings (SSSR count). The minimum Gasteiger partial charge on any atom is -0.494 e. The van der Waals surface area contributed by atoms with Crippen LogP contribution in [-0.4, -0.2) is 16.6 Å². The molecule has 2 N–H and O–H groups in total. The molecule has 0 atom stereocenters. The first kappa shape index (κ1) is 11.2. The Balaban J connectivity index is 2.18. The van der Waals surface area contributed by atoms with Crippen molar-refractivity contribution in [2.45, 2.75) is 6.92 Å². The highest BCUT2D eigenvalue weighted by Crippen LogP contribution is 2.26. The van der Waals surface area contributed by atoms with Crippen LogP contribution in [0.15, 0.2) is 36.8 Å². The van der Waals surface area contributed by atoms with Crippen LogP contribution < -0.4 is 15.2 Å². The highest BCUT2D eigenvalue weighted by molar-refractivity contribution is 5.47. The average molecular weight is 231 g/mol. The smallest absolute Gasteiger partial charge is 0.245 e. The first-order valence-electron chi connectivity index (χ1n) is 5.26. The second-order valence-corrected chi connectivity index (χ2v) is 3.29. The van der Waals surface area contributed by atoms with Crippen molar-refractivity contribution in [3.8, 4) is 17.4 Å². The SMILES string of the molecule is CCOc1cccc(Oc2ncncc2N)c1. The zero-order valence-electron chi connectivity index (χ0n) is 9.46. The van der Waals surface area contributed by atoms with Gasteiger partial charge in [-0.15, -0.1) is 0 Å². The second-order valence-electron chi connectivity index (χ2n) is 3.29. The Bertz CT molecular complexity index is 503. The molecule has 1 aromatic heterocycles. The monoisotopic (exact) mass is 231 g/mol. The van der Waals surface area contributed by atoms with E-state index in [2.05, 4.69) is 9.97 Å². The predicted octanol–water partition coefficient (Wildman–Crippen LogP) is 2.25. The summed E-state index contributed by atoms with van der Waals surface area (Å²) in [6, 6.07) is 7.30. The Hall–Kier alpha value is -2.30. The topological polar surface area (TPSA) is 70.3 Å². The molecule has 88 valence electrons. The molecule has 1 heterocycles. The Kier molecular flexibility index (Phi) is 3.40. The van der Waals surface area contributed by atoms with E-state index in [-0.39, 0.29) is 0 Å². The van der Waals surface area contributed by atoms with Crippen LogP contribution in [0.1, 0.15) is 6.92 Å². The fraction of sp³-hybridized carbons (Fsp3) is 0.167. The van der Waals surface area contributed by atoms with Gasteiger partial charge in [0.2, 0.25) is 5.88 Å². The molecule has 17 heavy (non-hydrogen) atoms. The molecular weight excluding hydrogens is 218 g/mol.